The molecule has 0 radical (unpaired) electrons. The summed E-state index contributed by atoms with van der Waals surface area (Å²) in [6.45, 7) is 3.26. The Hall–Kier alpha value is -1.62. The summed E-state index contributed by atoms with van der Waals surface area (Å²) in [4.78, 5) is 2.47. The molecule has 0 bridgehead atoms. The first-order valence-corrected chi connectivity index (χ1v) is 6.00. The second-order valence-corrected chi connectivity index (χ2v) is 4.75. The topological polar surface area (TPSA) is 49.7 Å². The van der Waals surface area contributed by atoms with Gasteiger partial charge in [-0.2, -0.15) is 10.2 Å². The molecule has 2 aromatic rings. The minimum atomic E-state index is 0.606. The maximum absolute atomic E-state index is 4.20. The van der Waals surface area contributed by atoms with E-state index >= 15 is 0 Å². The van der Waals surface area contributed by atoms with Gasteiger partial charge in [0.15, 0.2) is 0 Å². The molecule has 0 saturated carbocycles. The van der Waals surface area contributed by atoms with Gasteiger partial charge in [-0.25, -0.2) is 0 Å². The molecule has 1 N–H and O–H groups in total. The van der Waals surface area contributed by atoms with Crippen molar-refractivity contribution in [3.63, 3.8) is 0 Å². The monoisotopic (exact) mass is 231 g/mol. The maximum Gasteiger partial charge on any atom is 0.0534 e. The van der Waals surface area contributed by atoms with Crippen LogP contribution in [0, 0.1) is 0 Å². The first kappa shape index (κ1) is 10.5. The highest BCUT2D eigenvalue weighted by atomic mass is 15.2. The van der Waals surface area contributed by atoms with E-state index < -0.39 is 0 Å². The van der Waals surface area contributed by atoms with Gasteiger partial charge in [0.1, 0.15) is 0 Å². The molecule has 3 rings (SSSR count). The number of hydrogen-bond donors (Lipinski definition) is 1. The van der Waals surface area contributed by atoms with Gasteiger partial charge in [0.2, 0.25) is 0 Å². The van der Waals surface area contributed by atoms with E-state index in [2.05, 4.69) is 32.5 Å². The number of aromatic nitrogens is 4. The summed E-state index contributed by atoms with van der Waals surface area (Å²) in [5.41, 5.74) is 2.55. The van der Waals surface area contributed by atoms with E-state index in [4.69, 9.17) is 0 Å². The van der Waals surface area contributed by atoms with Crippen LogP contribution >= 0.6 is 0 Å². The third kappa shape index (κ3) is 2.24. The summed E-state index contributed by atoms with van der Waals surface area (Å²) in [5.74, 6) is 0.606. The Morgan fingerprint density at radius 2 is 2.47 bits per heavy atom. The number of likely N-dealkylation sites (tertiary alicyclic amines) is 1. The largest absolute Gasteiger partial charge is 0.298 e. The van der Waals surface area contributed by atoms with Crippen molar-refractivity contribution in [2.75, 3.05) is 13.1 Å². The predicted molar refractivity (Wildman–Crippen MR) is 64.4 cm³/mol. The van der Waals surface area contributed by atoms with Crippen molar-refractivity contribution < 1.29 is 0 Å². The van der Waals surface area contributed by atoms with E-state index in [0.29, 0.717) is 5.92 Å². The highest BCUT2D eigenvalue weighted by molar-refractivity contribution is 5.10. The lowest BCUT2D eigenvalue weighted by Crippen LogP contribution is -2.19. The van der Waals surface area contributed by atoms with Gasteiger partial charge in [0.05, 0.1) is 6.20 Å². The highest BCUT2D eigenvalue weighted by Crippen LogP contribution is 2.26. The van der Waals surface area contributed by atoms with E-state index in [1.807, 2.05) is 24.1 Å². The van der Waals surface area contributed by atoms with Crippen molar-refractivity contribution in [2.45, 2.75) is 18.9 Å². The smallest absolute Gasteiger partial charge is 0.0534 e. The Balaban J connectivity index is 1.61. The summed E-state index contributed by atoms with van der Waals surface area (Å²) >= 11 is 0. The van der Waals surface area contributed by atoms with Gasteiger partial charge >= 0.3 is 0 Å². The molecule has 17 heavy (non-hydrogen) atoms. The number of aromatic amines is 1. The van der Waals surface area contributed by atoms with Gasteiger partial charge in [-0.05, 0) is 19.0 Å². The minimum Gasteiger partial charge on any atom is -0.298 e. The van der Waals surface area contributed by atoms with Gasteiger partial charge < -0.3 is 0 Å². The fourth-order valence-electron chi connectivity index (χ4n) is 2.54. The van der Waals surface area contributed by atoms with Crippen molar-refractivity contribution in [3.8, 4) is 0 Å². The normalized spacial score (nSPS) is 21.1. The van der Waals surface area contributed by atoms with Crippen LogP contribution in [0.3, 0.4) is 0 Å². The lowest BCUT2D eigenvalue weighted by molar-refractivity contribution is 0.326. The Labute approximate surface area is 100 Å². The quantitative estimate of drug-likeness (QED) is 0.861. The van der Waals surface area contributed by atoms with Crippen molar-refractivity contribution >= 4 is 0 Å². The van der Waals surface area contributed by atoms with Gasteiger partial charge in [-0.15, -0.1) is 0 Å². The number of hydrogen-bond acceptors (Lipinski definition) is 3. The molecule has 90 valence electrons. The second kappa shape index (κ2) is 4.33. The summed E-state index contributed by atoms with van der Waals surface area (Å²) in [6, 6.07) is 2.08. The van der Waals surface area contributed by atoms with Gasteiger partial charge in [-0.1, -0.05) is 0 Å². The van der Waals surface area contributed by atoms with Crippen LogP contribution in [0.2, 0.25) is 0 Å². The Morgan fingerprint density at radius 3 is 3.18 bits per heavy atom. The maximum atomic E-state index is 4.20. The molecule has 1 fully saturated rings. The lowest BCUT2D eigenvalue weighted by Gasteiger charge is -2.14. The fraction of sp³-hybridized carbons (Fsp3) is 0.500. The first-order chi connectivity index (χ1) is 8.31. The summed E-state index contributed by atoms with van der Waals surface area (Å²) in [7, 11) is 1.96. The van der Waals surface area contributed by atoms with Crippen LogP contribution in [0.4, 0.5) is 0 Å². The molecular formula is C12H17N5. The van der Waals surface area contributed by atoms with Crippen LogP contribution in [0.5, 0.6) is 0 Å². The average molecular weight is 231 g/mol. The van der Waals surface area contributed by atoms with Crippen molar-refractivity contribution in [2.24, 2.45) is 7.05 Å². The van der Waals surface area contributed by atoms with Gasteiger partial charge in [-0.3, -0.25) is 14.7 Å². The zero-order chi connectivity index (χ0) is 11.7. The molecule has 0 spiro atoms. The Kier molecular flexibility index (Phi) is 2.68. The van der Waals surface area contributed by atoms with Crippen molar-refractivity contribution in [1.29, 1.82) is 0 Å². The molecule has 1 saturated heterocycles. The van der Waals surface area contributed by atoms with Crippen molar-refractivity contribution in [1.82, 2.24) is 24.9 Å². The third-order valence-electron chi connectivity index (χ3n) is 3.40. The van der Waals surface area contributed by atoms with Gasteiger partial charge in [0.25, 0.3) is 0 Å². The third-order valence-corrected chi connectivity index (χ3v) is 3.40. The average Bonchev–Trinajstić information content (AvgIpc) is 3.00. The number of H-pyrrole nitrogens is 1. The van der Waals surface area contributed by atoms with Crippen LogP contribution in [0.25, 0.3) is 0 Å². The standard InChI is InChI=1S/C12H17N5/c1-16-7-10(6-14-16)8-17-5-3-11(9-17)12-2-4-13-15-12/h2,4,6-7,11H,3,5,8-9H2,1H3,(H,13,15)/t11-/m1/s1. The van der Waals surface area contributed by atoms with Crippen molar-refractivity contribution in [3.05, 3.63) is 35.9 Å². The number of nitrogens with zero attached hydrogens (tertiary/aromatic N) is 4. The minimum absolute atomic E-state index is 0.606. The number of aryl methyl sites for hydroxylation is 1. The molecule has 1 aliphatic heterocycles. The Morgan fingerprint density at radius 1 is 1.53 bits per heavy atom. The summed E-state index contributed by atoms with van der Waals surface area (Å²) in [5, 5.41) is 11.3. The van der Waals surface area contributed by atoms with E-state index in [1.165, 1.54) is 17.7 Å². The molecule has 1 atom stereocenters. The molecule has 0 aliphatic carbocycles. The second-order valence-electron chi connectivity index (χ2n) is 4.75. The molecule has 3 heterocycles. The zero-order valence-corrected chi connectivity index (χ0v) is 10.0. The molecule has 5 nitrogen and oxygen atoms in total. The highest BCUT2D eigenvalue weighted by Gasteiger charge is 2.24. The number of rotatable bonds is 3. The van der Waals surface area contributed by atoms with Crippen LogP contribution in [-0.4, -0.2) is 38.0 Å². The van der Waals surface area contributed by atoms with Gasteiger partial charge in [0, 0.05) is 49.7 Å². The molecule has 0 amide bonds. The predicted octanol–water partition coefficient (Wildman–Crippen LogP) is 1.13. The van der Waals surface area contributed by atoms with Crippen LogP contribution in [-0.2, 0) is 13.6 Å². The fourth-order valence-corrected chi connectivity index (χ4v) is 2.54. The zero-order valence-electron chi connectivity index (χ0n) is 10.0. The van der Waals surface area contributed by atoms with E-state index in [-0.39, 0.29) is 0 Å². The lowest BCUT2D eigenvalue weighted by atomic mass is 10.1. The van der Waals surface area contributed by atoms with E-state index in [9.17, 15) is 0 Å². The van der Waals surface area contributed by atoms with Crippen LogP contribution < -0.4 is 0 Å². The molecule has 5 heteroatoms. The van der Waals surface area contributed by atoms with E-state index in [1.54, 1.807) is 0 Å². The SMILES string of the molecule is Cn1cc(CN2CC[C@@H](c3ccn[nH]3)C2)cn1. The number of nitrogens with one attached hydrogen (secondary N) is 1. The Bertz CT molecular complexity index is 473. The molecule has 2 aromatic heterocycles. The summed E-state index contributed by atoms with van der Waals surface area (Å²) < 4.78 is 1.86. The first-order valence-electron chi connectivity index (χ1n) is 6.00. The van der Waals surface area contributed by atoms with Crippen LogP contribution in [0.15, 0.2) is 24.7 Å². The molecular weight excluding hydrogens is 214 g/mol. The van der Waals surface area contributed by atoms with Crippen LogP contribution in [0.1, 0.15) is 23.6 Å². The summed E-state index contributed by atoms with van der Waals surface area (Å²) in [6.07, 6.45) is 7.08. The molecule has 1 aliphatic rings. The molecule has 0 unspecified atom stereocenters. The van der Waals surface area contributed by atoms with E-state index in [0.717, 1.165) is 19.6 Å². The molecule has 0 aromatic carbocycles.